The Bertz CT molecular complexity index is 662. The van der Waals surface area contributed by atoms with Crippen LogP contribution in [0.5, 0.6) is 0 Å². The predicted octanol–water partition coefficient (Wildman–Crippen LogP) is 5.49. The number of rotatable bonds is 12. The molecule has 0 spiro atoms. The van der Waals surface area contributed by atoms with Crippen LogP contribution in [0.3, 0.4) is 0 Å². The fourth-order valence-electron chi connectivity index (χ4n) is 1.86. The Kier molecular flexibility index (Phi) is 12.2. The van der Waals surface area contributed by atoms with Crippen LogP contribution in [-0.2, 0) is 9.30 Å². The molecule has 1 aromatic carbocycles. The first-order valence-corrected chi connectivity index (χ1v) is 13.8. The first-order valence-electron chi connectivity index (χ1n) is 9.32. The van der Waals surface area contributed by atoms with Gasteiger partial charge in [-0.15, -0.1) is 0 Å². The van der Waals surface area contributed by atoms with E-state index in [2.05, 4.69) is 9.58 Å². The highest BCUT2D eigenvalue weighted by molar-refractivity contribution is 8.58. The number of nitrogens with zero attached hydrogens (tertiary/aromatic N) is 1. The quantitative estimate of drug-likeness (QED) is 0.240. The molecule has 0 saturated carbocycles. The molecule has 28 heavy (non-hydrogen) atoms. The highest BCUT2D eigenvalue weighted by atomic mass is 32.7. The van der Waals surface area contributed by atoms with Gasteiger partial charge < -0.3 is 4.74 Å². The number of ether oxygens (including phenoxy) is 1. The topological polar surface area (TPSA) is 70.7 Å². The number of nitrogens with one attached hydrogen (secondary N) is 2. The van der Waals surface area contributed by atoms with Crippen LogP contribution in [0.25, 0.3) is 0 Å². The minimum Gasteiger partial charge on any atom is -0.470 e. The molecule has 1 amide bonds. The molecule has 0 radical (unpaired) electrons. The van der Waals surface area contributed by atoms with Crippen molar-refractivity contribution < 1.29 is 14.1 Å². The number of benzene rings is 1. The molecule has 0 saturated heterocycles. The SMILES string of the molecule is CCCOC(=S)N(CCC)SNP(=O)(NC(=O)c1ccccc1)SCC(C)C. The van der Waals surface area contributed by atoms with E-state index in [4.69, 9.17) is 17.0 Å². The van der Waals surface area contributed by atoms with Crippen molar-refractivity contribution in [2.24, 2.45) is 5.92 Å². The molecule has 1 unspecified atom stereocenters. The Labute approximate surface area is 182 Å². The van der Waals surface area contributed by atoms with Crippen LogP contribution in [0.2, 0.25) is 0 Å². The van der Waals surface area contributed by atoms with Gasteiger partial charge in [-0.1, -0.05) is 57.3 Å². The van der Waals surface area contributed by atoms with E-state index in [-0.39, 0.29) is 5.91 Å². The zero-order valence-electron chi connectivity index (χ0n) is 16.8. The van der Waals surface area contributed by atoms with Gasteiger partial charge in [0.25, 0.3) is 11.1 Å². The largest absolute Gasteiger partial charge is 0.470 e. The molecule has 10 heteroatoms. The lowest BCUT2D eigenvalue weighted by molar-refractivity contribution is 0.0981. The fourth-order valence-corrected chi connectivity index (χ4v) is 7.48. The molecule has 0 aliphatic carbocycles. The van der Waals surface area contributed by atoms with E-state index in [1.54, 1.807) is 28.6 Å². The zero-order chi connectivity index (χ0) is 21.0. The molecule has 0 fully saturated rings. The summed E-state index contributed by atoms with van der Waals surface area (Å²) in [6.07, 6.45) is 1.71. The molecule has 2 N–H and O–H groups in total. The molecule has 1 atom stereocenters. The number of carbonyl (C=O) groups excluding carboxylic acids is 1. The van der Waals surface area contributed by atoms with Gasteiger partial charge in [-0.3, -0.25) is 18.8 Å². The first kappa shape index (κ1) is 25.3. The van der Waals surface area contributed by atoms with Crippen molar-refractivity contribution >= 4 is 53.5 Å². The first-order chi connectivity index (χ1) is 13.3. The second-order valence-corrected chi connectivity index (χ2v) is 12.4. The summed E-state index contributed by atoms with van der Waals surface area (Å²) >= 11 is 7.67. The van der Waals surface area contributed by atoms with E-state index in [0.29, 0.717) is 35.6 Å². The van der Waals surface area contributed by atoms with Gasteiger partial charge in [-0.25, -0.2) is 0 Å². The van der Waals surface area contributed by atoms with Crippen molar-refractivity contribution in [3.63, 3.8) is 0 Å². The smallest absolute Gasteiger partial charge is 0.303 e. The Hall–Kier alpha value is -0.730. The van der Waals surface area contributed by atoms with E-state index in [0.717, 1.165) is 25.0 Å². The van der Waals surface area contributed by atoms with Gasteiger partial charge in [0, 0.05) is 30.0 Å². The number of carbonyl (C=O) groups is 1. The van der Waals surface area contributed by atoms with E-state index in [1.807, 2.05) is 33.8 Å². The Morgan fingerprint density at radius 1 is 1.25 bits per heavy atom. The summed E-state index contributed by atoms with van der Waals surface area (Å²) in [5, 5.41) is 3.03. The van der Waals surface area contributed by atoms with Crippen molar-refractivity contribution in [1.82, 2.24) is 13.9 Å². The Morgan fingerprint density at radius 2 is 1.93 bits per heavy atom. The summed E-state index contributed by atoms with van der Waals surface area (Å²) in [7, 11) is 0. The molecular formula is C18H30N3O3PS3. The van der Waals surface area contributed by atoms with Crippen LogP contribution in [0.1, 0.15) is 50.9 Å². The number of thiocarbonyl (C=S) groups is 1. The molecule has 0 bridgehead atoms. The fraction of sp³-hybridized carbons (Fsp3) is 0.556. The van der Waals surface area contributed by atoms with Gasteiger partial charge in [0.2, 0.25) is 0 Å². The van der Waals surface area contributed by atoms with Gasteiger partial charge in [0.05, 0.1) is 6.61 Å². The van der Waals surface area contributed by atoms with Gasteiger partial charge in [-0.2, -0.15) is 4.49 Å². The molecule has 0 aromatic heterocycles. The minimum atomic E-state index is -3.26. The zero-order valence-corrected chi connectivity index (χ0v) is 20.2. The van der Waals surface area contributed by atoms with E-state index >= 15 is 0 Å². The van der Waals surface area contributed by atoms with Crippen LogP contribution in [0, 0.1) is 5.92 Å². The maximum atomic E-state index is 13.4. The number of hydrogen-bond acceptors (Lipinski definition) is 6. The van der Waals surface area contributed by atoms with Gasteiger partial charge in [-0.05, 0) is 43.1 Å². The average molecular weight is 464 g/mol. The number of amides is 1. The van der Waals surface area contributed by atoms with E-state index < -0.39 is 6.65 Å². The third kappa shape index (κ3) is 9.65. The predicted molar refractivity (Wildman–Crippen MR) is 125 cm³/mol. The standard InChI is InChI=1S/C18H30N3O3PS3/c1-5-12-21(18(26)24-13-6-2)28-20-25(23,27-14-15(3)4)19-17(22)16-10-8-7-9-11-16/h7-11,15H,5-6,12-14H2,1-4H3,(H2,19,20,22,23). The van der Waals surface area contributed by atoms with Crippen molar-refractivity contribution in [2.45, 2.75) is 40.5 Å². The van der Waals surface area contributed by atoms with Gasteiger partial charge >= 0.3 is 6.65 Å². The molecule has 0 aliphatic rings. The van der Waals surface area contributed by atoms with E-state index in [1.165, 1.54) is 11.4 Å². The molecular weight excluding hydrogens is 433 g/mol. The van der Waals surface area contributed by atoms with Crippen LogP contribution < -0.4 is 9.58 Å². The summed E-state index contributed by atoms with van der Waals surface area (Å²) in [6, 6.07) is 8.76. The highest BCUT2D eigenvalue weighted by Gasteiger charge is 2.28. The maximum absolute atomic E-state index is 13.4. The van der Waals surface area contributed by atoms with Crippen LogP contribution in [-0.4, -0.2) is 34.3 Å². The second kappa shape index (κ2) is 13.5. The summed E-state index contributed by atoms with van der Waals surface area (Å²) in [6.45, 7) is 6.03. The third-order valence-electron chi connectivity index (χ3n) is 3.21. The molecule has 1 aromatic rings. The van der Waals surface area contributed by atoms with E-state index in [9.17, 15) is 9.36 Å². The van der Waals surface area contributed by atoms with Crippen molar-refractivity contribution in [1.29, 1.82) is 0 Å². The normalized spacial score (nSPS) is 13.0. The molecule has 158 valence electrons. The molecule has 0 aliphatic heterocycles. The van der Waals surface area contributed by atoms with Crippen molar-refractivity contribution in [3.05, 3.63) is 35.9 Å². The lowest BCUT2D eigenvalue weighted by Gasteiger charge is -2.26. The van der Waals surface area contributed by atoms with Gasteiger partial charge in [0.15, 0.2) is 0 Å². The third-order valence-corrected chi connectivity index (χ3v) is 9.68. The highest BCUT2D eigenvalue weighted by Crippen LogP contribution is 2.53. The van der Waals surface area contributed by atoms with Crippen LogP contribution in [0.4, 0.5) is 0 Å². The summed E-state index contributed by atoms with van der Waals surface area (Å²) in [5.41, 5.74) is 0.465. The second-order valence-electron chi connectivity index (χ2n) is 6.45. The average Bonchev–Trinajstić information content (AvgIpc) is 2.68. The van der Waals surface area contributed by atoms with Crippen molar-refractivity contribution in [2.75, 3.05) is 18.9 Å². The maximum Gasteiger partial charge on any atom is 0.303 e. The Balaban J connectivity index is 2.84. The summed E-state index contributed by atoms with van der Waals surface area (Å²) in [4.78, 5) is 12.5. The molecule has 1 rings (SSSR count). The van der Waals surface area contributed by atoms with Crippen LogP contribution in [0.15, 0.2) is 30.3 Å². The van der Waals surface area contributed by atoms with Crippen molar-refractivity contribution in [3.8, 4) is 0 Å². The van der Waals surface area contributed by atoms with Crippen LogP contribution >= 0.6 is 42.4 Å². The Morgan fingerprint density at radius 3 is 2.50 bits per heavy atom. The molecule has 6 nitrogen and oxygen atoms in total. The molecule has 0 heterocycles. The summed E-state index contributed by atoms with van der Waals surface area (Å²) < 4.78 is 23.7. The van der Waals surface area contributed by atoms with Gasteiger partial charge in [0.1, 0.15) is 0 Å². The lowest BCUT2D eigenvalue weighted by atomic mass is 10.2. The summed E-state index contributed by atoms with van der Waals surface area (Å²) in [5.74, 6) is 0.601. The monoisotopic (exact) mass is 463 g/mol. The minimum absolute atomic E-state index is 0.333. The number of hydrogen-bond donors (Lipinski definition) is 2. The lowest BCUT2D eigenvalue weighted by Crippen LogP contribution is -2.31.